The first-order valence-corrected chi connectivity index (χ1v) is 11.4. The Labute approximate surface area is 207 Å². The summed E-state index contributed by atoms with van der Waals surface area (Å²) in [5, 5.41) is 18.3. The number of aliphatic carboxylic acids is 1. The van der Waals surface area contributed by atoms with Crippen LogP contribution < -0.4 is 0 Å². The van der Waals surface area contributed by atoms with Gasteiger partial charge in [0.15, 0.2) is 6.04 Å². The maximum absolute atomic E-state index is 13.3. The molecule has 1 unspecified atom stereocenters. The third kappa shape index (κ3) is 5.38. The molecule has 0 bridgehead atoms. The zero-order valence-corrected chi connectivity index (χ0v) is 20.0. The van der Waals surface area contributed by atoms with Gasteiger partial charge in [0.25, 0.3) is 5.91 Å². The molecule has 0 spiro atoms. The van der Waals surface area contributed by atoms with Crippen molar-refractivity contribution in [2.45, 2.75) is 25.4 Å². The lowest BCUT2D eigenvalue weighted by Gasteiger charge is -2.25. The Bertz CT molecular complexity index is 1330. The summed E-state index contributed by atoms with van der Waals surface area (Å²) < 4.78 is 1.33. The molecule has 178 valence electrons. The van der Waals surface area contributed by atoms with Crippen LogP contribution in [-0.2, 0) is 11.2 Å². The molecule has 9 heteroatoms. The molecule has 1 amide bonds. The van der Waals surface area contributed by atoms with Gasteiger partial charge >= 0.3 is 5.97 Å². The van der Waals surface area contributed by atoms with Crippen LogP contribution in [0.5, 0.6) is 0 Å². The molecular weight excluding hydrogens is 466 g/mol. The van der Waals surface area contributed by atoms with Crippen LogP contribution in [0.25, 0.3) is 11.3 Å². The minimum atomic E-state index is -1.01. The number of nitrogens with zero attached hydrogens (tertiary/aromatic N) is 5. The molecule has 8 nitrogen and oxygen atoms in total. The standard InChI is InChI=1S/C26H24ClN5O3/c1-17(20-9-6-12-28-15-20)31(2)25(33)21-14-19(10-11-22(21)27)23-16-32(30-29-23)24(26(34)35)13-18-7-4-3-5-8-18/h3-12,14-17,24H,13H2,1-2H3,(H,34,35)/t17-,24?/m1/s1. The van der Waals surface area contributed by atoms with Crippen LogP contribution in [0.15, 0.2) is 79.3 Å². The zero-order chi connectivity index (χ0) is 24.9. The van der Waals surface area contributed by atoms with Gasteiger partial charge in [0.1, 0.15) is 5.69 Å². The molecule has 2 aromatic heterocycles. The molecule has 4 aromatic rings. The number of aromatic nitrogens is 4. The van der Waals surface area contributed by atoms with Gasteiger partial charge in [-0.1, -0.05) is 59.3 Å². The number of benzene rings is 2. The summed E-state index contributed by atoms with van der Waals surface area (Å²) in [5.41, 5.74) is 3.14. The highest BCUT2D eigenvalue weighted by molar-refractivity contribution is 6.34. The molecule has 0 aliphatic carbocycles. The second-order valence-corrected chi connectivity index (χ2v) is 8.61. The monoisotopic (exact) mass is 489 g/mol. The first-order valence-electron chi connectivity index (χ1n) is 11.0. The highest BCUT2D eigenvalue weighted by atomic mass is 35.5. The van der Waals surface area contributed by atoms with E-state index in [1.807, 2.05) is 49.4 Å². The van der Waals surface area contributed by atoms with E-state index in [1.165, 1.54) is 4.68 Å². The Kier molecular flexibility index (Phi) is 7.22. The van der Waals surface area contributed by atoms with Crippen molar-refractivity contribution in [1.82, 2.24) is 24.9 Å². The highest BCUT2D eigenvalue weighted by Crippen LogP contribution is 2.28. The third-order valence-electron chi connectivity index (χ3n) is 5.95. The van der Waals surface area contributed by atoms with Crippen molar-refractivity contribution in [3.05, 3.63) is 101 Å². The molecular formula is C26H24ClN5O3. The minimum Gasteiger partial charge on any atom is -0.480 e. The first-order chi connectivity index (χ1) is 16.8. The fourth-order valence-corrected chi connectivity index (χ4v) is 3.95. The quantitative estimate of drug-likeness (QED) is 0.385. The van der Waals surface area contributed by atoms with Crippen molar-refractivity contribution in [2.75, 3.05) is 7.05 Å². The zero-order valence-electron chi connectivity index (χ0n) is 19.2. The van der Waals surface area contributed by atoms with Gasteiger partial charge in [0, 0.05) is 31.4 Å². The molecule has 2 atom stereocenters. The van der Waals surface area contributed by atoms with E-state index in [4.69, 9.17) is 11.6 Å². The normalized spacial score (nSPS) is 12.7. The Morgan fingerprint density at radius 2 is 1.89 bits per heavy atom. The number of rotatable bonds is 8. The predicted molar refractivity (Wildman–Crippen MR) is 132 cm³/mol. The largest absolute Gasteiger partial charge is 0.480 e. The summed E-state index contributed by atoms with van der Waals surface area (Å²) in [6, 6.07) is 16.9. The first kappa shape index (κ1) is 24.1. The van der Waals surface area contributed by atoms with E-state index in [9.17, 15) is 14.7 Å². The number of carboxylic acid groups (broad SMARTS) is 1. The van der Waals surface area contributed by atoms with Gasteiger partial charge in [-0.25, -0.2) is 9.48 Å². The maximum atomic E-state index is 13.3. The van der Waals surface area contributed by atoms with Crippen molar-refractivity contribution < 1.29 is 14.7 Å². The van der Waals surface area contributed by atoms with Crippen molar-refractivity contribution >= 4 is 23.5 Å². The van der Waals surface area contributed by atoms with Crippen molar-refractivity contribution in [3.63, 3.8) is 0 Å². The molecule has 2 heterocycles. The summed E-state index contributed by atoms with van der Waals surface area (Å²) >= 11 is 6.38. The van der Waals surface area contributed by atoms with Gasteiger partial charge in [-0.05, 0) is 36.2 Å². The number of carboxylic acids is 1. The van der Waals surface area contributed by atoms with Gasteiger partial charge in [-0.15, -0.1) is 5.10 Å². The van der Waals surface area contributed by atoms with Crippen molar-refractivity contribution in [3.8, 4) is 11.3 Å². The summed E-state index contributed by atoms with van der Waals surface area (Å²) in [7, 11) is 1.71. The lowest BCUT2D eigenvalue weighted by atomic mass is 10.0. The van der Waals surface area contributed by atoms with Crippen LogP contribution in [0, 0.1) is 0 Å². The van der Waals surface area contributed by atoms with E-state index in [0.717, 1.165) is 11.1 Å². The fourth-order valence-electron chi connectivity index (χ4n) is 3.75. The number of carbonyl (C=O) groups is 2. The molecule has 0 fully saturated rings. The van der Waals surface area contributed by atoms with Gasteiger partial charge < -0.3 is 10.0 Å². The third-order valence-corrected chi connectivity index (χ3v) is 6.28. The van der Waals surface area contributed by atoms with Crippen LogP contribution in [0.1, 0.15) is 40.5 Å². The van der Waals surface area contributed by atoms with Crippen LogP contribution >= 0.6 is 11.6 Å². The Morgan fingerprint density at radius 3 is 2.57 bits per heavy atom. The molecule has 0 saturated carbocycles. The van der Waals surface area contributed by atoms with E-state index < -0.39 is 12.0 Å². The SMILES string of the molecule is C[C@H](c1cccnc1)N(C)C(=O)c1cc(-c2cn(C(Cc3ccccc3)C(=O)O)nn2)ccc1Cl. The Hall–Kier alpha value is -4.04. The maximum Gasteiger partial charge on any atom is 0.328 e. The summed E-state index contributed by atoms with van der Waals surface area (Å²) in [4.78, 5) is 30.9. The van der Waals surface area contributed by atoms with E-state index in [2.05, 4.69) is 15.3 Å². The van der Waals surface area contributed by atoms with Gasteiger partial charge in [-0.3, -0.25) is 9.78 Å². The molecule has 0 radical (unpaired) electrons. The van der Waals surface area contributed by atoms with Crippen LogP contribution in [-0.4, -0.2) is 48.9 Å². The number of pyridine rings is 1. The number of carbonyl (C=O) groups excluding carboxylic acids is 1. The van der Waals surface area contributed by atoms with Crippen molar-refractivity contribution in [2.24, 2.45) is 0 Å². The van der Waals surface area contributed by atoms with E-state index in [-0.39, 0.29) is 18.4 Å². The summed E-state index contributed by atoms with van der Waals surface area (Å²) in [6.07, 6.45) is 5.24. The molecule has 2 aromatic carbocycles. The molecule has 0 saturated heterocycles. The van der Waals surface area contributed by atoms with Crippen LogP contribution in [0.2, 0.25) is 5.02 Å². The highest BCUT2D eigenvalue weighted by Gasteiger charge is 2.24. The summed E-state index contributed by atoms with van der Waals surface area (Å²) in [5.74, 6) is -1.27. The van der Waals surface area contributed by atoms with Crippen LogP contribution in [0.3, 0.4) is 0 Å². The molecule has 0 aliphatic heterocycles. The number of hydrogen-bond donors (Lipinski definition) is 1. The average molecular weight is 490 g/mol. The lowest BCUT2D eigenvalue weighted by Crippen LogP contribution is -2.30. The second kappa shape index (κ2) is 10.5. The Morgan fingerprint density at radius 1 is 1.11 bits per heavy atom. The van der Waals surface area contributed by atoms with E-state index >= 15 is 0 Å². The minimum absolute atomic E-state index is 0.217. The van der Waals surface area contributed by atoms with Gasteiger partial charge in [0.05, 0.1) is 22.8 Å². The number of amides is 1. The van der Waals surface area contributed by atoms with Crippen LogP contribution in [0.4, 0.5) is 0 Å². The molecule has 4 rings (SSSR count). The molecule has 35 heavy (non-hydrogen) atoms. The molecule has 0 aliphatic rings. The van der Waals surface area contributed by atoms with E-state index in [0.29, 0.717) is 21.8 Å². The van der Waals surface area contributed by atoms with Gasteiger partial charge in [0.2, 0.25) is 0 Å². The second-order valence-electron chi connectivity index (χ2n) is 8.20. The summed E-state index contributed by atoms with van der Waals surface area (Å²) in [6.45, 7) is 1.91. The smallest absolute Gasteiger partial charge is 0.328 e. The molecule has 1 N–H and O–H groups in total. The fraction of sp³-hybridized carbons (Fsp3) is 0.192. The van der Waals surface area contributed by atoms with E-state index in [1.54, 1.807) is 48.7 Å². The predicted octanol–water partition coefficient (Wildman–Crippen LogP) is 4.70. The average Bonchev–Trinajstić information content (AvgIpc) is 3.37. The topological polar surface area (TPSA) is 101 Å². The van der Waals surface area contributed by atoms with Gasteiger partial charge in [-0.2, -0.15) is 0 Å². The number of hydrogen-bond acceptors (Lipinski definition) is 5. The lowest BCUT2D eigenvalue weighted by molar-refractivity contribution is -0.141. The Balaban J connectivity index is 1.59. The van der Waals surface area contributed by atoms with Crippen molar-refractivity contribution in [1.29, 1.82) is 0 Å². The number of halogens is 1.